The summed E-state index contributed by atoms with van der Waals surface area (Å²) in [5.41, 5.74) is 0.429. The minimum atomic E-state index is -0.773. The smallest absolute Gasteiger partial charge is 0.163 e. The van der Waals surface area contributed by atoms with Gasteiger partial charge in [-0.3, -0.25) is 4.90 Å². The lowest BCUT2D eigenvalue weighted by atomic mass is 9.97. The van der Waals surface area contributed by atoms with Crippen molar-refractivity contribution in [3.8, 4) is 0 Å². The summed E-state index contributed by atoms with van der Waals surface area (Å²) in [7, 11) is 0. The van der Waals surface area contributed by atoms with E-state index in [9.17, 15) is 8.78 Å². The Balaban J connectivity index is 1.64. The normalized spacial score (nSPS) is 19.2. The number of hydrogen-bond donors (Lipinski definition) is 0. The first kappa shape index (κ1) is 16.1. The van der Waals surface area contributed by atoms with Gasteiger partial charge < -0.3 is 0 Å². The van der Waals surface area contributed by atoms with Crippen molar-refractivity contribution in [2.75, 3.05) is 13.1 Å². The minimum Gasteiger partial charge on any atom is -0.299 e. The summed E-state index contributed by atoms with van der Waals surface area (Å²) in [5, 5.41) is 4.42. The summed E-state index contributed by atoms with van der Waals surface area (Å²) in [6.07, 6.45) is 2.19. The zero-order valence-electron chi connectivity index (χ0n) is 13.6. The van der Waals surface area contributed by atoms with E-state index in [1.807, 2.05) is 18.5 Å². The van der Waals surface area contributed by atoms with Crippen LogP contribution in [0.4, 0.5) is 8.78 Å². The van der Waals surface area contributed by atoms with Crippen molar-refractivity contribution < 1.29 is 8.78 Å². The molecule has 2 heterocycles. The molecule has 4 nitrogen and oxygen atoms in total. The Morgan fingerprint density at radius 3 is 2.83 bits per heavy atom. The Hall–Kier alpha value is -1.82. The summed E-state index contributed by atoms with van der Waals surface area (Å²) >= 11 is 0. The van der Waals surface area contributed by atoms with Gasteiger partial charge in [0, 0.05) is 25.2 Å². The number of benzene rings is 1. The van der Waals surface area contributed by atoms with Gasteiger partial charge in [0.1, 0.15) is 11.6 Å². The van der Waals surface area contributed by atoms with Gasteiger partial charge in [-0.15, -0.1) is 0 Å². The second kappa shape index (κ2) is 6.74. The minimum absolute atomic E-state index is 0.429. The Kier molecular flexibility index (Phi) is 4.71. The molecule has 124 valence electrons. The van der Waals surface area contributed by atoms with E-state index in [0.717, 1.165) is 50.2 Å². The number of nitrogens with zero attached hydrogens (tertiary/aromatic N) is 4. The van der Waals surface area contributed by atoms with Crippen molar-refractivity contribution >= 4 is 0 Å². The fraction of sp³-hybridized carbons (Fsp3) is 0.529. The quantitative estimate of drug-likeness (QED) is 0.868. The molecule has 0 unspecified atom stereocenters. The Labute approximate surface area is 135 Å². The maximum atomic E-state index is 13.8. The maximum Gasteiger partial charge on any atom is 0.163 e. The van der Waals surface area contributed by atoms with Crippen LogP contribution in [0.1, 0.15) is 30.1 Å². The van der Waals surface area contributed by atoms with E-state index in [1.165, 1.54) is 0 Å². The van der Waals surface area contributed by atoms with E-state index in [-0.39, 0.29) is 0 Å². The van der Waals surface area contributed by atoms with Crippen molar-refractivity contribution in [3.05, 3.63) is 47.0 Å². The first-order chi connectivity index (χ1) is 11.0. The van der Waals surface area contributed by atoms with E-state index >= 15 is 0 Å². The molecule has 0 N–H and O–H groups in total. The molecule has 0 spiro atoms. The van der Waals surface area contributed by atoms with Gasteiger partial charge in [0.05, 0.1) is 0 Å². The molecule has 3 rings (SSSR count). The second-order valence-corrected chi connectivity index (χ2v) is 6.34. The summed E-state index contributed by atoms with van der Waals surface area (Å²) in [5.74, 6) is 0.676. The zero-order valence-corrected chi connectivity index (χ0v) is 13.6. The Bertz CT molecular complexity index is 683. The van der Waals surface area contributed by atoms with Crippen molar-refractivity contribution in [1.29, 1.82) is 0 Å². The van der Waals surface area contributed by atoms with Crippen LogP contribution in [-0.4, -0.2) is 32.8 Å². The zero-order chi connectivity index (χ0) is 16.4. The van der Waals surface area contributed by atoms with E-state index in [0.29, 0.717) is 18.0 Å². The van der Waals surface area contributed by atoms with Crippen LogP contribution in [-0.2, 0) is 13.1 Å². The average molecular weight is 320 g/mol. The molecule has 0 bridgehead atoms. The van der Waals surface area contributed by atoms with E-state index in [1.54, 1.807) is 12.1 Å². The van der Waals surface area contributed by atoms with Crippen molar-refractivity contribution in [2.45, 2.75) is 39.8 Å². The van der Waals surface area contributed by atoms with Crippen LogP contribution in [0, 0.1) is 31.4 Å². The number of hydrogen-bond acceptors (Lipinski definition) is 3. The number of halogens is 2. The fourth-order valence-electron chi connectivity index (χ4n) is 3.33. The van der Waals surface area contributed by atoms with Gasteiger partial charge in [-0.05, 0) is 45.2 Å². The van der Waals surface area contributed by atoms with Crippen LogP contribution in [0.5, 0.6) is 0 Å². The second-order valence-electron chi connectivity index (χ2n) is 6.34. The highest BCUT2D eigenvalue weighted by molar-refractivity contribution is 5.18. The summed E-state index contributed by atoms with van der Waals surface area (Å²) < 4.78 is 29.1. The molecule has 6 heteroatoms. The molecule has 1 aromatic carbocycles. The Morgan fingerprint density at radius 1 is 1.26 bits per heavy atom. The van der Waals surface area contributed by atoms with Gasteiger partial charge in [-0.2, -0.15) is 5.10 Å². The molecule has 1 fully saturated rings. The number of aromatic nitrogens is 3. The molecule has 1 saturated heterocycles. The summed E-state index contributed by atoms with van der Waals surface area (Å²) in [6.45, 7) is 6.92. The van der Waals surface area contributed by atoms with Crippen molar-refractivity contribution in [1.82, 2.24) is 19.7 Å². The first-order valence-corrected chi connectivity index (χ1v) is 8.06. The molecule has 1 aromatic heterocycles. The van der Waals surface area contributed by atoms with Gasteiger partial charge in [0.2, 0.25) is 0 Å². The maximum absolute atomic E-state index is 13.8. The lowest BCUT2D eigenvalue weighted by Crippen LogP contribution is -2.37. The predicted octanol–water partition coefficient (Wildman–Crippen LogP) is 3.09. The predicted molar refractivity (Wildman–Crippen MR) is 83.9 cm³/mol. The largest absolute Gasteiger partial charge is 0.299 e. The molecule has 2 aromatic rings. The monoisotopic (exact) mass is 320 g/mol. The molecule has 0 radical (unpaired) electrons. The van der Waals surface area contributed by atoms with Crippen LogP contribution >= 0.6 is 0 Å². The van der Waals surface area contributed by atoms with E-state index in [4.69, 9.17) is 0 Å². The Morgan fingerprint density at radius 2 is 2.09 bits per heavy atom. The fourth-order valence-corrected chi connectivity index (χ4v) is 3.33. The van der Waals surface area contributed by atoms with E-state index < -0.39 is 11.6 Å². The molecular formula is C17H22F2N4. The standard InChI is InChI=1S/C17H22F2N4/c1-12-20-13(2)23(21-12)10-14-5-4-8-22(9-14)11-15-6-3-7-16(18)17(15)19/h3,6-7,14H,4-5,8-11H2,1-2H3/t14-/m0/s1. The third-order valence-electron chi connectivity index (χ3n) is 4.42. The molecule has 1 aliphatic rings. The molecule has 23 heavy (non-hydrogen) atoms. The third-order valence-corrected chi connectivity index (χ3v) is 4.42. The molecular weight excluding hydrogens is 298 g/mol. The highest BCUT2D eigenvalue weighted by Gasteiger charge is 2.22. The highest BCUT2D eigenvalue weighted by atomic mass is 19.2. The van der Waals surface area contributed by atoms with Crippen LogP contribution in [0.2, 0.25) is 0 Å². The highest BCUT2D eigenvalue weighted by Crippen LogP contribution is 2.22. The number of likely N-dealkylation sites (tertiary alicyclic amines) is 1. The van der Waals surface area contributed by atoms with Gasteiger partial charge >= 0.3 is 0 Å². The number of rotatable bonds is 4. The van der Waals surface area contributed by atoms with Crippen LogP contribution < -0.4 is 0 Å². The molecule has 0 aliphatic carbocycles. The van der Waals surface area contributed by atoms with Gasteiger partial charge in [-0.1, -0.05) is 12.1 Å². The lowest BCUT2D eigenvalue weighted by Gasteiger charge is -2.32. The molecule has 0 saturated carbocycles. The van der Waals surface area contributed by atoms with Gasteiger partial charge in [-0.25, -0.2) is 18.4 Å². The number of aryl methyl sites for hydroxylation is 2. The molecule has 1 atom stereocenters. The lowest BCUT2D eigenvalue weighted by molar-refractivity contribution is 0.151. The van der Waals surface area contributed by atoms with Crippen molar-refractivity contribution in [2.24, 2.45) is 5.92 Å². The summed E-state index contributed by atoms with van der Waals surface area (Å²) in [6, 6.07) is 4.39. The average Bonchev–Trinajstić information content (AvgIpc) is 2.82. The summed E-state index contributed by atoms with van der Waals surface area (Å²) in [4.78, 5) is 6.53. The third kappa shape index (κ3) is 3.75. The van der Waals surface area contributed by atoms with Gasteiger partial charge in [0.15, 0.2) is 11.6 Å². The van der Waals surface area contributed by atoms with Crippen LogP contribution in [0.25, 0.3) is 0 Å². The first-order valence-electron chi connectivity index (χ1n) is 8.06. The topological polar surface area (TPSA) is 34.0 Å². The van der Waals surface area contributed by atoms with Crippen LogP contribution in [0.15, 0.2) is 18.2 Å². The van der Waals surface area contributed by atoms with Gasteiger partial charge in [0.25, 0.3) is 0 Å². The van der Waals surface area contributed by atoms with Crippen molar-refractivity contribution in [3.63, 3.8) is 0 Å². The SMILES string of the molecule is Cc1nc(C)n(C[C@H]2CCCN(Cc3cccc(F)c3F)C2)n1. The van der Waals surface area contributed by atoms with E-state index in [2.05, 4.69) is 15.0 Å². The molecule has 0 amide bonds. The number of piperidine rings is 1. The molecule has 1 aliphatic heterocycles. The van der Waals surface area contributed by atoms with Crippen LogP contribution in [0.3, 0.4) is 0 Å².